The fourth-order valence-electron chi connectivity index (χ4n) is 2.48. The predicted octanol–water partition coefficient (Wildman–Crippen LogP) is 1.74. The van der Waals surface area contributed by atoms with Crippen molar-refractivity contribution in [3.05, 3.63) is 29.6 Å². The summed E-state index contributed by atoms with van der Waals surface area (Å²) in [4.78, 5) is 6.47. The quantitative estimate of drug-likeness (QED) is 0.614. The Morgan fingerprint density at radius 3 is 2.88 bits per heavy atom. The Balaban J connectivity index is 2.02. The zero-order valence-electron chi connectivity index (χ0n) is 10.3. The molecule has 4 nitrogen and oxygen atoms in total. The van der Waals surface area contributed by atoms with Crippen molar-refractivity contribution in [2.24, 2.45) is 5.73 Å². The number of nitrogens with one attached hydrogen (secondary N) is 1. The summed E-state index contributed by atoms with van der Waals surface area (Å²) in [5, 5.41) is 7.38. The molecule has 4 heteroatoms. The number of aromatic nitrogens is 1. The van der Waals surface area contributed by atoms with E-state index in [0.717, 1.165) is 6.54 Å². The molecule has 0 saturated heterocycles. The van der Waals surface area contributed by atoms with Crippen LogP contribution in [0.25, 0.3) is 0 Å². The maximum Gasteiger partial charge on any atom is 0.141 e. The standard InChI is InChI=1S/C13H20N4/c1-17(11-4-2-3-5-11)9-10-6-7-16-12(8-10)13(14)15/h6-8,11H,2-5,9H2,1H3,(H3,14,15). The van der Waals surface area contributed by atoms with E-state index in [2.05, 4.69) is 16.9 Å². The molecule has 1 fully saturated rings. The second-order valence-electron chi connectivity index (χ2n) is 4.82. The van der Waals surface area contributed by atoms with Crippen LogP contribution in [0.1, 0.15) is 36.9 Å². The highest BCUT2D eigenvalue weighted by molar-refractivity contribution is 5.93. The number of pyridine rings is 1. The number of hydrogen-bond donors (Lipinski definition) is 2. The highest BCUT2D eigenvalue weighted by atomic mass is 15.1. The van der Waals surface area contributed by atoms with Crippen LogP contribution < -0.4 is 5.73 Å². The number of hydrogen-bond acceptors (Lipinski definition) is 3. The second-order valence-corrected chi connectivity index (χ2v) is 4.82. The van der Waals surface area contributed by atoms with E-state index in [1.54, 1.807) is 6.20 Å². The molecule has 2 rings (SSSR count). The lowest BCUT2D eigenvalue weighted by Crippen LogP contribution is -2.28. The lowest BCUT2D eigenvalue weighted by Gasteiger charge is -2.24. The second kappa shape index (κ2) is 5.27. The van der Waals surface area contributed by atoms with E-state index in [1.165, 1.54) is 31.2 Å². The van der Waals surface area contributed by atoms with Crippen LogP contribution in [-0.4, -0.2) is 28.8 Å². The molecule has 1 aromatic rings. The lowest BCUT2D eigenvalue weighted by molar-refractivity contribution is 0.237. The first-order valence-electron chi connectivity index (χ1n) is 6.16. The van der Waals surface area contributed by atoms with Crippen molar-refractivity contribution in [3.8, 4) is 0 Å². The summed E-state index contributed by atoms with van der Waals surface area (Å²) in [7, 11) is 2.17. The molecule has 0 atom stereocenters. The molecule has 0 amide bonds. The third-order valence-corrected chi connectivity index (χ3v) is 3.48. The zero-order valence-corrected chi connectivity index (χ0v) is 10.3. The molecule has 0 spiro atoms. The van der Waals surface area contributed by atoms with Gasteiger partial charge in [0.1, 0.15) is 11.5 Å². The predicted molar refractivity (Wildman–Crippen MR) is 69.0 cm³/mol. The topological polar surface area (TPSA) is 66.0 Å². The minimum Gasteiger partial charge on any atom is -0.382 e. The van der Waals surface area contributed by atoms with Crippen molar-refractivity contribution >= 4 is 5.84 Å². The molecule has 0 aromatic carbocycles. The number of nitrogens with zero attached hydrogens (tertiary/aromatic N) is 2. The summed E-state index contributed by atoms with van der Waals surface area (Å²) in [6.45, 7) is 0.910. The van der Waals surface area contributed by atoms with E-state index in [4.69, 9.17) is 11.1 Å². The van der Waals surface area contributed by atoms with Gasteiger partial charge in [0.25, 0.3) is 0 Å². The van der Waals surface area contributed by atoms with Gasteiger partial charge in [-0.25, -0.2) is 0 Å². The van der Waals surface area contributed by atoms with Crippen molar-refractivity contribution in [3.63, 3.8) is 0 Å². The Morgan fingerprint density at radius 1 is 1.53 bits per heavy atom. The first-order chi connectivity index (χ1) is 8.16. The van der Waals surface area contributed by atoms with Crippen LogP contribution in [0.4, 0.5) is 0 Å². The monoisotopic (exact) mass is 232 g/mol. The van der Waals surface area contributed by atoms with Crippen LogP contribution in [0.15, 0.2) is 18.3 Å². The van der Waals surface area contributed by atoms with Crippen LogP contribution in [0.2, 0.25) is 0 Å². The molecule has 1 heterocycles. The minimum atomic E-state index is 0.0374. The van der Waals surface area contributed by atoms with Gasteiger partial charge in [0.05, 0.1) is 0 Å². The normalized spacial score (nSPS) is 16.6. The molecule has 0 unspecified atom stereocenters. The Labute approximate surface area is 102 Å². The number of nitrogen functional groups attached to an aromatic ring is 1. The lowest BCUT2D eigenvalue weighted by atomic mass is 10.1. The summed E-state index contributed by atoms with van der Waals surface area (Å²) in [5.74, 6) is 0.0374. The largest absolute Gasteiger partial charge is 0.382 e. The Kier molecular flexibility index (Phi) is 3.74. The van der Waals surface area contributed by atoms with Gasteiger partial charge in [0, 0.05) is 18.8 Å². The van der Waals surface area contributed by atoms with Crippen molar-refractivity contribution in [2.75, 3.05) is 7.05 Å². The van der Waals surface area contributed by atoms with Gasteiger partial charge >= 0.3 is 0 Å². The fourth-order valence-corrected chi connectivity index (χ4v) is 2.48. The van der Waals surface area contributed by atoms with Crippen LogP contribution in [-0.2, 0) is 6.54 Å². The van der Waals surface area contributed by atoms with E-state index >= 15 is 0 Å². The average molecular weight is 232 g/mol. The molecule has 0 aliphatic heterocycles. The molecular weight excluding hydrogens is 212 g/mol. The number of nitrogens with two attached hydrogens (primary N) is 1. The van der Waals surface area contributed by atoms with Crippen molar-refractivity contribution < 1.29 is 0 Å². The third-order valence-electron chi connectivity index (χ3n) is 3.48. The van der Waals surface area contributed by atoms with Gasteiger partial charge in [-0.1, -0.05) is 12.8 Å². The highest BCUT2D eigenvalue weighted by Crippen LogP contribution is 2.23. The Morgan fingerprint density at radius 2 is 2.24 bits per heavy atom. The third kappa shape index (κ3) is 3.03. The fraction of sp³-hybridized carbons (Fsp3) is 0.538. The van der Waals surface area contributed by atoms with Crippen LogP contribution >= 0.6 is 0 Å². The van der Waals surface area contributed by atoms with Crippen LogP contribution in [0.3, 0.4) is 0 Å². The average Bonchev–Trinajstić information content (AvgIpc) is 2.82. The maximum absolute atomic E-state index is 7.38. The molecule has 0 bridgehead atoms. The molecular formula is C13H20N4. The molecule has 3 N–H and O–H groups in total. The zero-order chi connectivity index (χ0) is 12.3. The maximum atomic E-state index is 7.38. The van der Waals surface area contributed by atoms with Gasteiger partial charge < -0.3 is 5.73 Å². The Bertz CT molecular complexity index is 396. The molecule has 1 aliphatic rings. The van der Waals surface area contributed by atoms with Crippen molar-refractivity contribution in [2.45, 2.75) is 38.3 Å². The number of amidine groups is 1. The van der Waals surface area contributed by atoms with Gasteiger partial charge in [-0.3, -0.25) is 15.3 Å². The summed E-state index contributed by atoms with van der Waals surface area (Å²) in [6, 6.07) is 4.62. The van der Waals surface area contributed by atoms with Gasteiger partial charge in [-0.15, -0.1) is 0 Å². The molecule has 0 radical (unpaired) electrons. The summed E-state index contributed by atoms with van der Waals surface area (Å²) in [5.41, 5.74) is 7.19. The van der Waals surface area contributed by atoms with Crippen LogP contribution in [0.5, 0.6) is 0 Å². The summed E-state index contributed by atoms with van der Waals surface area (Å²) in [6.07, 6.45) is 7.05. The summed E-state index contributed by atoms with van der Waals surface area (Å²) < 4.78 is 0. The van der Waals surface area contributed by atoms with Gasteiger partial charge in [0.2, 0.25) is 0 Å². The van der Waals surface area contributed by atoms with E-state index in [0.29, 0.717) is 11.7 Å². The SMILES string of the molecule is CN(Cc1ccnc(C(=N)N)c1)C1CCCC1. The van der Waals surface area contributed by atoms with Gasteiger partial charge in [-0.2, -0.15) is 0 Å². The van der Waals surface area contributed by atoms with Crippen molar-refractivity contribution in [1.29, 1.82) is 5.41 Å². The van der Waals surface area contributed by atoms with Gasteiger partial charge in [0.15, 0.2) is 0 Å². The van der Waals surface area contributed by atoms with Crippen LogP contribution in [0, 0.1) is 5.41 Å². The molecule has 1 aliphatic carbocycles. The van der Waals surface area contributed by atoms with Crippen molar-refractivity contribution in [1.82, 2.24) is 9.88 Å². The first kappa shape index (κ1) is 12.0. The Hall–Kier alpha value is -1.42. The highest BCUT2D eigenvalue weighted by Gasteiger charge is 2.19. The van der Waals surface area contributed by atoms with E-state index in [9.17, 15) is 0 Å². The molecule has 92 valence electrons. The molecule has 1 saturated carbocycles. The summed E-state index contributed by atoms with van der Waals surface area (Å²) >= 11 is 0. The van der Waals surface area contributed by atoms with Gasteiger partial charge in [-0.05, 0) is 37.6 Å². The first-order valence-corrected chi connectivity index (χ1v) is 6.16. The smallest absolute Gasteiger partial charge is 0.141 e. The minimum absolute atomic E-state index is 0.0374. The molecule has 1 aromatic heterocycles. The van der Waals surface area contributed by atoms with E-state index < -0.39 is 0 Å². The molecule has 17 heavy (non-hydrogen) atoms. The van der Waals surface area contributed by atoms with E-state index in [1.807, 2.05) is 12.1 Å². The number of rotatable bonds is 4. The van der Waals surface area contributed by atoms with E-state index in [-0.39, 0.29) is 5.84 Å².